The fourth-order valence-electron chi connectivity index (χ4n) is 3.09. The summed E-state index contributed by atoms with van der Waals surface area (Å²) in [6, 6.07) is 27.3. The van der Waals surface area contributed by atoms with Crippen molar-refractivity contribution in [3.8, 4) is 5.75 Å². The first-order chi connectivity index (χ1) is 13.7. The Morgan fingerprint density at radius 3 is 1.96 bits per heavy atom. The molecular weight excluding hydrogens is 348 g/mol. The van der Waals surface area contributed by atoms with Crippen LogP contribution in [0.15, 0.2) is 84.9 Å². The number of hydrogen-bond acceptors (Lipinski definition) is 3. The van der Waals surface area contributed by atoms with Gasteiger partial charge in [-0.25, -0.2) is 0 Å². The van der Waals surface area contributed by atoms with Crippen molar-refractivity contribution >= 4 is 11.6 Å². The molecule has 0 aromatic heterocycles. The van der Waals surface area contributed by atoms with Crippen molar-refractivity contribution in [2.45, 2.75) is 25.9 Å². The molecule has 1 amide bonds. The van der Waals surface area contributed by atoms with Crippen LogP contribution >= 0.6 is 0 Å². The molecule has 0 saturated carbocycles. The minimum absolute atomic E-state index is 0.0784. The van der Waals surface area contributed by atoms with Crippen LogP contribution in [0.3, 0.4) is 0 Å². The molecule has 0 radical (unpaired) electrons. The molecular formula is C24H26N2O2. The molecule has 1 unspecified atom stereocenters. The van der Waals surface area contributed by atoms with Gasteiger partial charge in [-0.15, -0.1) is 0 Å². The Kier molecular flexibility index (Phi) is 6.82. The largest absolute Gasteiger partial charge is 0.492 e. The van der Waals surface area contributed by atoms with Gasteiger partial charge in [-0.3, -0.25) is 10.1 Å². The van der Waals surface area contributed by atoms with E-state index in [1.54, 1.807) is 0 Å². The van der Waals surface area contributed by atoms with Gasteiger partial charge in [0.25, 0.3) is 0 Å². The summed E-state index contributed by atoms with van der Waals surface area (Å²) >= 11 is 0. The van der Waals surface area contributed by atoms with Crippen molar-refractivity contribution in [2.75, 3.05) is 11.9 Å². The number of para-hydroxylation sites is 2. The molecule has 0 fully saturated rings. The van der Waals surface area contributed by atoms with E-state index in [-0.39, 0.29) is 11.9 Å². The predicted octanol–water partition coefficient (Wildman–Crippen LogP) is 4.79. The average Bonchev–Trinajstić information content (AvgIpc) is 2.74. The van der Waals surface area contributed by atoms with Gasteiger partial charge in [0.1, 0.15) is 5.75 Å². The van der Waals surface area contributed by atoms with E-state index in [2.05, 4.69) is 34.9 Å². The maximum Gasteiger partial charge on any atom is 0.241 e. The molecule has 3 aromatic rings. The van der Waals surface area contributed by atoms with Gasteiger partial charge in [-0.1, -0.05) is 72.8 Å². The van der Waals surface area contributed by atoms with Crippen molar-refractivity contribution in [3.05, 3.63) is 96.1 Å². The van der Waals surface area contributed by atoms with Crippen LogP contribution in [0.1, 0.15) is 31.0 Å². The van der Waals surface area contributed by atoms with Crippen molar-refractivity contribution in [3.63, 3.8) is 0 Å². The van der Waals surface area contributed by atoms with Crippen molar-refractivity contribution in [1.29, 1.82) is 0 Å². The summed E-state index contributed by atoms with van der Waals surface area (Å²) < 4.78 is 5.60. The summed E-state index contributed by atoms with van der Waals surface area (Å²) in [6.07, 6.45) is 0. The summed E-state index contributed by atoms with van der Waals surface area (Å²) in [4.78, 5) is 12.8. The fourth-order valence-corrected chi connectivity index (χ4v) is 3.09. The molecule has 3 aromatic carbocycles. The van der Waals surface area contributed by atoms with E-state index in [4.69, 9.17) is 4.74 Å². The maximum absolute atomic E-state index is 12.8. The van der Waals surface area contributed by atoms with E-state index in [0.29, 0.717) is 18.0 Å². The van der Waals surface area contributed by atoms with Crippen LogP contribution in [0.4, 0.5) is 5.69 Å². The summed E-state index contributed by atoms with van der Waals surface area (Å²) in [7, 11) is 0. The second-order valence-corrected chi connectivity index (χ2v) is 6.56. The molecule has 2 N–H and O–H groups in total. The monoisotopic (exact) mass is 374 g/mol. The molecule has 0 bridgehead atoms. The molecule has 0 aliphatic rings. The number of rotatable bonds is 8. The summed E-state index contributed by atoms with van der Waals surface area (Å²) in [6.45, 7) is 4.34. The van der Waals surface area contributed by atoms with E-state index in [0.717, 1.165) is 11.1 Å². The van der Waals surface area contributed by atoms with Crippen LogP contribution in [0.2, 0.25) is 0 Å². The Morgan fingerprint density at radius 2 is 1.39 bits per heavy atom. The predicted molar refractivity (Wildman–Crippen MR) is 114 cm³/mol. The second kappa shape index (κ2) is 9.72. The zero-order chi connectivity index (χ0) is 19.8. The van der Waals surface area contributed by atoms with E-state index in [9.17, 15) is 4.79 Å². The minimum atomic E-state index is -0.403. The Morgan fingerprint density at radius 1 is 0.857 bits per heavy atom. The van der Waals surface area contributed by atoms with Crippen LogP contribution in [0.25, 0.3) is 0 Å². The third-order valence-electron chi connectivity index (χ3n) is 4.52. The molecule has 4 nitrogen and oxygen atoms in total. The summed E-state index contributed by atoms with van der Waals surface area (Å²) in [5.41, 5.74) is 2.91. The quantitative estimate of drug-likeness (QED) is 0.596. The first-order valence-corrected chi connectivity index (χ1v) is 9.57. The topological polar surface area (TPSA) is 50.4 Å². The third-order valence-corrected chi connectivity index (χ3v) is 4.52. The lowest BCUT2D eigenvalue weighted by Crippen LogP contribution is -2.40. The van der Waals surface area contributed by atoms with E-state index < -0.39 is 6.04 Å². The Bertz CT molecular complexity index is 842. The molecule has 0 aliphatic carbocycles. The summed E-state index contributed by atoms with van der Waals surface area (Å²) in [5, 5.41) is 6.45. The molecule has 4 heteroatoms. The van der Waals surface area contributed by atoms with Crippen molar-refractivity contribution in [2.24, 2.45) is 0 Å². The van der Waals surface area contributed by atoms with Crippen LogP contribution < -0.4 is 15.4 Å². The SMILES string of the molecule is CCOc1ccccc1NC(=O)C(C)NC(c1ccccc1)c1ccccc1. The van der Waals surface area contributed by atoms with Crippen molar-refractivity contribution in [1.82, 2.24) is 5.32 Å². The van der Waals surface area contributed by atoms with E-state index in [1.165, 1.54) is 0 Å². The zero-order valence-corrected chi connectivity index (χ0v) is 16.3. The van der Waals surface area contributed by atoms with E-state index in [1.807, 2.05) is 74.5 Å². The number of benzene rings is 3. The molecule has 3 rings (SSSR count). The standard InChI is InChI=1S/C24H26N2O2/c1-3-28-22-17-11-10-16-21(22)26-24(27)18(2)25-23(19-12-6-4-7-13-19)20-14-8-5-9-15-20/h4-18,23,25H,3H2,1-2H3,(H,26,27). The highest BCUT2D eigenvalue weighted by Crippen LogP contribution is 2.25. The summed E-state index contributed by atoms with van der Waals surface area (Å²) in [5.74, 6) is 0.567. The molecule has 0 heterocycles. The van der Waals surface area contributed by atoms with Gasteiger partial charge in [-0.2, -0.15) is 0 Å². The minimum Gasteiger partial charge on any atom is -0.492 e. The fraction of sp³-hybridized carbons (Fsp3) is 0.208. The van der Waals surface area contributed by atoms with Gasteiger partial charge in [0.15, 0.2) is 0 Å². The molecule has 144 valence electrons. The Balaban J connectivity index is 1.77. The first-order valence-electron chi connectivity index (χ1n) is 9.57. The second-order valence-electron chi connectivity index (χ2n) is 6.56. The van der Waals surface area contributed by atoms with Gasteiger partial charge in [0, 0.05) is 0 Å². The smallest absolute Gasteiger partial charge is 0.241 e. The Hall–Kier alpha value is -3.11. The zero-order valence-electron chi connectivity index (χ0n) is 16.3. The normalized spacial score (nSPS) is 11.8. The van der Waals surface area contributed by atoms with Crippen LogP contribution in [-0.4, -0.2) is 18.6 Å². The number of anilines is 1. The lowest BCUT2D eigenvalue weighted by atomic mass is 9.98. The third kappa shape index (κ3) is 4.99. The lowest BCUT2D eigenvalue weighted by molar-refractivity contribution is -0.117. The highest BCUT2D eigenvalue weighted by atomic mass is 16.5. The molecule has 1 atom stereocenters. The van der Waals surface area contributed by atoms with Crippen LogP contribution in [-0.2, 0) is 4.79 Å². The number of nitrogens with one attached hydrogen (secondary N) is 2. The highest BCUT2D eigenvalue weighted by Gasteiger charge is 2.21. The van der Waals surface area contributed by atoms with Gasteiger partial charge in [0.2, 0.25) is 5.91 Å². The van der Waals surface area contributed by atoms with Crippen LogP contribution in [0.5, 0.6) is 5.75 Å². The van der Waals surface area contributed by atoms with Gasteiger partial charge >= 0.3 is 0 Å². The maximum atomic E-state index is 12.8. The number of ether oxygens (including phenoxy) is 1. The average molecular weight is 374 g/mol. The van der Waals surface area contributed by atoms with Gasteiger partial charge in [-0.05, 0) is 37.1 Å². The molecule has 0 aliphatic heterocycles. The van der Waals surface area contributed by atoms with Gasteiger partial charge < -0.3 is 10.1 Å². The highest BCUT2D eigenvalue weighted by molar-refractivity contribution is 5.95. The van der Waals surface area contributed by atoms with Crippen molar-refractivity contribution < 1.29 is 9.53 Å². The molecule has 0 spiro atoms. The Labute approximate surface area is 166 Å². The first kappa shape index (κ1) is 19.6. The number of hydrogen-bond donors (Lipinski definition) is 2. The van der Waals surface area contributed by atoms with Gasteiger partial charge in [0.05, 0.1) is 24.4 Å². The van der Waals surface area contributed by atoms with E-state index >= 15 is 0 Å². The number of carbonyl (C=O) groups is 1. The number of carbonyl (C=O) groups excluding carboxylic acids is 1. The molecule has 28 heavy (non-hydrogen) atoms. The molecule has 0 saturated heterocycles. The lowest BCUT2D eigenvalue weighted by Gasteiger charge is -2.24. The number of amides is 1. The van der Waals surface area contributed by atoms with Crippen LogP contribution in [0, 0.1) is 0 Å².